The van der Waals surface area contributed by atoms with E-state index < -0.39 is 0 Å². The van der Waals surface area contributed by atoms with Crippen LogP contribution in [0.2, 0.25) is 0 Å². The van der Waals surface area contributed by atoms with Gasteiger partial charge in [-0.2, -0.15) is 0 Å². The Hall–Kier alpha value is -0.120. The van der Waals surface area contributed by atoms with Gasteiger partial charge in [-0.3, -0.25) is 0 Å². The molecule has 0 bridgehead atoms. The zero-order chi connectivity index (χ0) is 9.52. The lowest BCUT2D eigenvalue weighted by Gasteiger charge is -2.13. The van der Waals surface area contributed by atoms with Gasteiger partial charge in [0.15, 0.2) is 0 Å². The molecule has 0 heterocycles. The molecule has 1 rings (SSSR count). The van der Waals surface area contributed by atoms with Crippen molar-refractivity contribution >= 4 is 21.6 Å². The van der Waals surface area contributed by atoms with Crippen LogP contribution in [0.1, 0.15) is 17.9 Å². The topological polar surface area (TPSA) is 9.23 Å². The van der Waals surface area contributed by atoms with E-state index >= 15 is 0 Å². The van der Waals surface area contributed by atoms with E-state index in [-0.39, 0.29) is 5.44 Å². The summed E-state index contributed by atoms with van der Waals surface area (Å²) in [5, 5.41) is 0. The Labute approximate surface area is 87.7 Å². The third-order valence-electron chi connectivity index (χ3n) is 1.56. The summed E-state index contributed by atoms with van der Waals surface area (Å²) in [6.07, 6.45) is 0. The summed E-state index contributed by atoms with van der Waals surface area (Å²) in [7, 11) is 5.35. The summed E-state index contributed by atoms with van der Waals surface area (Å²) >= 11 is 0. The molecule has 0 aromatic heterocycles. The van der Waals surface area contributed by atoms with E-state index in [0.717, 1.165) is 5.75 Å². The quantitative estimate of drug-likeness (QED) is 0.546. The summed E-state index contributed by atoms with van der Waals surface area (Å²) in [6.45, 7) is 2.15. The summed E-state index contributed by atoms with van der Waals surface area (Å²) in [5.41, 5.74) is 1.39. The van der Waals surface area contributed by atoms with Gasteiger partial charge in [-0.1, -0.05) is 58.8 Å². The van der Waals surface area contributed by atoms with E-state index in [4.69, 9.17) is 4.74 Å². The maximum Gasteiger partial charge on any atom is 0.137 e. The van der Waals surface area contributed by atoms with Crippen LogP contribution in [0.5, 0.6) is 0 Å². The highest BCUT2D eigenvalue weighted by molar-refractivity contribution is 8.76. The first-order valence-electron chi connectivity index (χ1n) is 4.24. The molecule has 0 spiro atoms. The Morgan fingerprint density at radius 1 is 1.31 bits per heavy atom. The minimum atomic E-state index is 0.158. The van der Waals surface area contributed by atoms with E-state index in [0.29, 0.717) is 0 Å². The van der Waals surface area contributed by atoms with Gasteiger partial charge in [0.1, 0.15) is 5.44 Å². The summed E-state index contributed by atoms with van der Waals surface area (Å²) in [6, 6.07) is 10.3. The molecule has 0 fully saturated rings. The fraction of sp³-hybridized carbons (Fsp3) is 0.400. The van der Waals surface area contributed by atoms with Crippen LogP contribution in [0.15, 0.2) is 30.3 Å². The lowest BCUT2D eigenvalue weighted by Crippen LogP contribution is -1.94. The fourth-order valence-corrected chi connectivity index (χ4v) is 2.93. The van der Waals surface area contributed by atoms with Crippen LogP contribution in [0.4, 0.5) is 0 Å². The van der Waals surface area contributed by atoms with Crippen LogP contribution in [-0.2, 0) is 4.74 Å². The Morgan fingerprint density at radius 3 is 2.54 bits per heavy atom. The highest BCUT2D eigenvalue weighted by Crippen LogP contribution is 2.37. The largest absolute Gasteiger partial charge is 0.365 e. The monoisotopic (exact) mass is 214 g/mol. The summed E-state index contributed by atoms with van der Waals surface area (Å²) in [5.74, 6) is 1.11. The van der Waals surface area contributed by atoms with Gasteiger partial charge in [0, 0.05) is 12.9 Å². The molecule has 3 heteroatoms. The first kappa shape index (κ1) is 11.0. The zero-order valence-electron chi connectivity index (χ0n) is 7.90. The van der Waals surface area contributed by atoms with Crippen molar-refractivity contribution in [3.05, 3.63) is 35.9 Å². The van der Waals surface area contributed by atoms with Gasteiger partial charge in [-0.05, 0) is 5.56 Å². The molecule has 1 nitrogen and oxygen atoms in total. The fourth-order valence-electron chi connectivity index (χ4n) is 0.971. The second-order valence-electron chi connectivity index (χ2n) is 2.48. The van der Waals surface area contributed by atoms with Crippen LogP contribution in [-0.4, -0.2) is 12.9 Å². The predicted octanol–water partition coefficient (Wildman–Crippen LogP) is 3.73. The second kappa shape index (κ2) is 6.35. The van der Waals surface area contributed by atoms with E-state index in [2.05, 4.69) is 19.1 Å². The Kier molecular flexibility index (Phi) is 5.35. The van der Waals surface area contributed by atoms with E-state index in [1.807, 2.05) is 29.0 Å². The van der Waals surface area contributed by atoms with Crippen molar-refractivity contribution in [3.8, 4) is 0 Å². The molecule has 0 N–H and O–H groups in total. The number of hydrogen-bond acceptors (Lipinski definition) is 3. The molecular formula is C10H14OS2. The van der Waals surface area contributed by atoms with Crippen LogP contribution in [0.3, 0.4) is 0 Å². The first-order valence-corrected chi connectivity index (χ1v) is 6.62. The molecular weight excluding hydrogens is 200 g/mol. The average molecular weight is 214 g/mol. The lowest BCUT2D eigenvalue weighted by molar-refractivity contribution is 0.177. The van der Waals surface area contributed by atoms with Gasteiger partial charge in [0.2, 0.25) is 0 Å². The van der Waals surface area contributed by atoms with Crippen molar-refractivity contribution in [2.24, 2.45) is 0 Å². The molecule has 1 aromatic carbocycles. The van der Waals surface area contributed by atoms with Gasteiger partial charge in [0.05, 0.1) is 0 Å². The van der Waals surface area contributed by atoms with Crippen molar-refractivity contribution in [1.82, 2.24) is 0 Å². The molecule has 0 aliphatic heterocycles. The van der Waals surface area contributed by atoms with Crippen molar-refractivity contribution in [2.75, 3.05) is 12.9 Å². The number of ether oxygens (including phenoxy) is 1. The Bertz CT molecular complexity index is 226. The predicted molar refractivity (Wildman–Crippen MR) is 61.9 cm³/mol. The molecule has 0 aliphatic rings. The molecule has 13 heavy (non-hydrogen) atoms. The summed E-state index contributed by atoms with van der Waals surface area (Å²) < 4.78 is 5.38. The molecule has 0 amide bonds. The van der Waals surface area contributed by atoms with Gasteiger partial charge in [-0.15, -0.1) is 0 Å². The van der Waals surface area contributed by atoms with Gasteiger partial charge in [-0.25, -0.2) is 0 Å². The molecule has 72 valence electrons. The van der Waals surface area contributed by atoms with Crippen LogP contribution >= 0.6 is 21.6 Å². The highest BCUT2D eigenvalue weighted by atomic mass is 33.1. The molecule has 0 radical (unpaired) electrons. The minimum Gasteiger partial charge on any atom is -0.365 e. The van der Waals surface area contributed by atoms with Crippen molar-refractivity contribution < 1.29 is 4.74 Å². The molecule has 1 aromatic rings. The van der Waals surface area contributed by atoms with E-state index in [1.165, 1.54) is 5.56 Å². The van der Waals surface area contributed by atoms with Crippen molar-refractivity contribution in [1.29, 1.82) is 0 Å². The first-order chi connectivity index (χ1) is 6.38. The highest BCUT2D eigenvalue weighted by Gasteiger charge is 2.09. The van der Waals surface area contributed by atoms with Crippen molar-refractivity contribution in [2.45, 2.75) is 12.4 Å². The third-order valence-corrected chi connectivity index (χ3v) is 4.21. The minimum absolute atomic E-state index is 0.158. The normalized spacial score (nSPS) is 12.8. The summed E-state index contributed by atoms with van der Waals surface area (Å²) in [4.78, 5) is 0. The van der Waals surface area contributed by atoms with Crippen molar-refractivity contribution in [3.63, 3.8) is 0 Å². The van der Waals surface area contributed by atoms with Crippen LogP contribution < -0.4 is 0 Å². The smallest absolute Gasteiger partial charge is 0.137 e. The van der Waals surface area contributed by atoms with E-state index in [1.54, 1.807) is 17.9 Å². The second-order valence-corrected chi connectivity index (χ2v) is 5.20. The van der Waals surface area contributed by atoms with Gasteiger partial charge in [0.25, 0.3) is 0 Å². The average Bonchev–Trinajstić information content (AvgIpc) is 2.21. The molecule has 0 saturated heterocycles. The standard InChI is InChI=1S/C10H14OS2/c1-3-12-13-10(11-2)9-7-5-4-6-8-9/h4-8,10H,3H2,1-2H3. The zero-order valence-corrected chi connectivity index (χ0v) is 9.53. The number of benzene rings is 1. The van der Waals surface area contributed by atoms with Gasteiger partial charge < -0.3 is 4.74 Å². The molecule has 1 atom stereocenters. The molecule has 0 aliphatic carbocycles. The molecule has 1 unspecified atom stereocenters. The SMILES string of the molecule is CCSSC(OC)c1ccccc1. The maximum absolute atomic E-state index is 5.38. The number of rotatable bonds is 5. The molecule has 0 saturated carbocycles. The third kappa shape index (κ3) is 3.63. The van der Waals surface area contributed by atoms with Crippen LogP contribution in [0, 0.1) is 0 Å². The number of hydrogen-bond donors (Lipinski definition) is 0. The maximum atomic E-state index is 5.38. The Morgan fingerprint density at radius 2 is 2.00 bits per heavy atom. The van der Waals surface area contributed by atoms with E-state index in [9.17, 15) is 0 Å². The van der Waals surface area contributed by atoms with Gasteiger partial charge >= 0.3 is 0 Å². The number of methoxy groups -OCH3 is 1. The lowest BCUT2D eigenvalue weighted by atomic mass is 10.2. The Balaban J connectivity index is 2.56. The van der Waals surface area contributed by atoms with Crippen LogP contribution in [0.25, 0.3) is 0 Å².